The van der Waals surface area contributed by atoms with E-state index in [1.54, 1.807) is 0 Å². The van der Waals surface area contributed by atoms with Gasteiger partial charge in [0.25, 0.3) is 0 Å². The van der Waals surface area contributed by atoms with E-state index in [1.165, 1.54) is 32.7 Å². The third kappa shape index (κ3) is 2.24. The summed E-state index contributed by atoms with van der Waals surface area (Å²) in [4.78, 5) is 0. The van der Waals surface area contributed by atoms with Crippen molar-refractivity contribution in [2.24, 2.45) is 0 Å². The molecule has 0 aliphatic rings. The van der Waals surface area contributed by atoms with Crippen LogP contribution in [0.1, 0.15) is 25.0 Å². The molecular formula is C18H20. The van der Waals surface area contributed by atoms with Crippen molar-refractivity contribution in [3.05, 3.63) is 59.7 Å². The topological polar surface area (TPSA) is 0 Å². The van der Waals surface area contributed by atoms with Gasteiger partial charge in [-0.05, 0) is 35.4 Å². The van der Waals surface area contributed by atoms with Gasteiger partial charge in [0.15, 0.2) is 0 Å². The van der Waals surface area contributed by atoms with Gasteiger partial charge in [-0.15, -0.1) is 0 Å². The summed E-state index contributed by atoms with van der Waals surface area (Å²) in [6, 6.07) is 17.7. The van der Waals surface area contributed by atoms with Crippen molar-refractivity contribution in [3.63, 3.8) is 0 Å². The Morgan fingerprint density at radius 2 is 0.889 bits per heavy atom. The normalized spacial score (nSPS) is 10.2. The monoisotopic (exact) mass is 236 g/mol. The van der Waals surface area contributed by atoms with E-state index in [0.717, 1.165) is 0 Å². The molecular weight excluding hydrogens is 216 g/mol. The predicted octanol–water partition coefficient (Wildman–Crippen LogP) is 5.64. The SMILES string of the molecule is CC.Cc1ccc2ccc3ccc(C)cc3c2c1. The van der Waals surface area contributed by atoms with Crippen molar-refractivity contribution in [3.8, 4) is 0 Å². The molecule has 0 N–H and O–H groups in total. The van der Waals surface area contributed by atoms with Gasteiger partial charge in [-0.25, -0.2) is 0 Å². The summed E-state index contributed by atoms with van der Waals surface area (Å²) < 4.78 is 0. The standard InChI is InChI=1S/C16H14.C2H6/c1-11-3-5-13-7-8-14-6-4-12(2)10-16(14)15(13)9-11;1-2/h3-10H,1-2H3;1-2H3. The summed E-state index contributed by atoms with van der Waals surface area (Å²) in [6.07, 6.45) is 0. The van der Waals surface area contributed by atoms with E-state index in [2.05, 4.69) is 62.4 Å². The minimum Gasteiger partial charge on any atom is -0.0683 e. The highest BCUT2D eigenvalue weighted by molar-refractivity contribution is 6.07. The number of aryl methyl sites for hydroxylation is 2. The van der Waals surface area contributed by atoms with Gasteiger partial charge in [0, 0.05) is 0 Å². The number of hydrogen-bond acceptors (Lipinski definition) is 0. The van der Waals surface area contributed by atoms with Crippen LogP contribution in [0.2, 0.25) is 0 Å². The fourth-order valence-electron chi connectivity index (χ4n) is 2.28. The lowest BCUT2D eigenvalue weighted by Crippen LogP contribution is -1.80. The van der Waals surface area contributed by atoms with E-state index in [9.17, 15) is 0 Å². The fraction of sp³-hybridized carbons (Fsp3) is 0.222. The highest BCUT2D eigenvalue weighted by atomic mass is 14.0. The van der Waals surface area contributed by atoms with E-state index in [4.69, 9.17) is 0 Å². The smallest absolute Gasteiger partial charge is 0.0103 e. The Labute approximate surface area is 109 Å². The van der Waals surface area contributed by atoms with Gasteiger partial charge < -0.3 is 0 Å². The summed E-state index contributed by atoms with van der Waals surface area (Å²) in [6.45, 7) is 8.29. The number of rotatable bonds is 0. The highest BCUT2D eigenvalue weighted by Gasteiger charge is 2.00. The lowest BCUT2D eigenvalue weighted by molar-refractivity contribution is 1.50. The average molecular weight is 236 g/mol. The minimum atomic E-state index is 1.32. The molecule has 0 saturated heterocycles. The molecule has 3 rings (SSSR count). The molecule has 0 amide bonds. The second kappa shape index (κ2) is 5.22. The molecule has 0 nitrogen and oxygen atoms in total. The number of benzene rings is 3. The summed E-state index contributed by atoms with van der Waals surface area (Å²) in [5.74, 6) is 0. The van der Waals surface area contributed by atoms with Crippen molar-refractivity contribution in [2.75, 3.05) is 0 Å². The predicted molar refractivity (Wildman–Crippen MR) is 82.3 cm³/mol. The Morgan fingerprint density at radius 3 is 1.28 bits per heavy atom. The largest absolute Gasteiger partial charge is 0.0683 e. The maximum absolute atomic E-state index is 2.27. The Morgan fingerprint density at radius 1 is 0.556 bits per heavy atom. The summed E-state index contributed by atoms with van der Waals surface area (Å²) >= 11 is 0. The van der Waals surface area contributed by atoms with Crippen molar-refractivity contribution >= 4 is 21.5 Å². The first-order chi connectivity index (χ1) is 8.74. The molecule has 18 heavy (non-hydrogen) atoms. The molecule has 3 aromatic rings. The van der Waals surface area contributed by atoms with Gasteiger partial charge in [-0.2, -0.15) is 0 Å². The first-order valence-electron chi connectivity index (χ1n) is 6.64. The molecule has 0 spiro atoms. The van der Waals surface area contributed by atoms with E-state index in [-0.39, 0.29) is 0 Å². The van der Waals surface area contributed by atoms with Crippen molar-refractivity contribution in [2.45, 2.75) is 27.7 Å². The molecule has 0 unspecified atom stereocenters. The minimum absolute atomic E-state index is 1.32. The van der Waals surface area contributed by atoms with Gasteiger partial charge in [0.2, 0.25) is 0 Å². The molecule has 0 saturated carbocycles. The van der Waals surface area contributed by atoms with Crippen molar-refractivity contribution in [1.29, 1.82) is 0 Å². The van der Waals surface area contributed by atoms with E-state index in [0.29, 0.717) is 0 Å². The molecule has 0 aliphatic heterocycles. The lowest BCUT2D eigenvalue weighted by Gasteiger charge is -2.05. The van der Waals surface area contributed by atoms with Crippen LogP contribution in [-0.2, 0) is 0 Å². The molecule has 0 bridgehead atoms. The van der Waals surface area contributed by atoms with Gasteiger partial charge >= 0.3 is 0 Å². The Balaban J connectivity index is 0.000000574. The summed E-state index contributed by atoms with van der Waals surface area (Å²) in [5, 5.41) is 5.37. The summed E-state index contributed by atoms with van der Waals surface area (Å²) in [7, 11) is 0. The average Bonchev–Trinajstić information content (AvgIpc) is 2.41. The van der Waals surface area contributed by atoms with Gasteiger partial charge in [0.1, 0.15) is 0 Å². The second-order valence-electron chi connectivity index (χ2n) is 4.51. The molecule has 3 aromatic carbocycles. The second-order valence-corrected chi connectivity index (χ2v) is 4.51. The first kappa shape index (κ1) is 12.6. The van der Waals surface area contributed by atoms with Crippen LogP contribution < -0.4 is 0 Å². The van der Waals surface area contributed by atoms with Gasteiger partial charge in [0.05, 0.1) is 0 Å². The van der Waals surface area contributed by atoms with Crippen LogP contribution in [0.4, 0.5) is 0 Å². The number of hydrogen-bond donors (Lipinski definition) is 0. The molecule has 0 aromatic heterocycles. The van der Waals surface area contributed by atoms with Gasteiger partial charge in [-0.3, -0.25) is 0 Å². The van der Waals surface area contributed by atoms with Crippen LogP contribution in [0.15, 0.2) is 48.5 Å². The third-order valence-electron chi connectivity index (χ3n) is 3.15. The van der Waals surface area contributed by atoms with Crippen molar-refractivity contribution in [1.82, 2.24) is 0 Å². The van der Waals surface area contributed by atoms with Crippen LogP contribution in [0.25, 0.3) is 21.5 Å². The van der Waals surface area contributed by atoms with Crippen LogP contribution in [0.3, 0.4) is 0 Å². The van der Waals surface area contributed by atoms with Crippen molar-refractivity contribution < 1.29 is 0 Å². The third-order valence-corrected chi connectivity index (χ3v) is 3.15. The highest BCUT2D eigenvalue weighted by Crippen LogP contribution is 2.26. The lowest BCUT2D eigenvalue weighted by atomic mass is 9.99. The molecule has 0 heterocycles. The van der Waals surface area contributed by atoms with E-state index >= 15 is 0 Å². The zero-order chi connectivity index (χ0) is 13.1. The number of fused-ring (bicyclic) bond motifs is 3. The van der Waals surface area contributed by atoms with Crippen LogP contribution >= 0.6 is 0 Å². The van der Waals surface area contributed by atoms with Crippen LogP contribution in [0.5, 0.6) is 0 Å². The molecule has 0 fully saturated rings. The quantitative estimate of drug-likeness (QED) is 0.443. The van der Waals surface area contributed by atoms with E-state index < -0.39 is 0 Å². The molecule has 92 valence electrons. The maximum atomic E-state index is 2.27. The Bertz CT molecular complexity index is 617. The van der Waals surface area contributed by atoms with Crippen LogP contribution in [-0.4, -0.2) is 0 Å². The van der Waals surface area contributed by atoms with E-state index in [1.807, 2.05) is 13.8 Å². The maximum Gasteiger partial charge on any atom is -0.0103 e. The van der Waals surface area contributed by atoms with Crippen LogP contribution in [0, 0.1) is 13.8 Å². The molecule has 0 radical (unpaired) electrons. The molecule has 0 heteroatoms. The first-order valence-corrected chi connectivity index (χ1v) is 6.64. The Hall–Kier alpha value is -1.82. The zero-order valence-electron chi connectivity index (χ0n) is 11.6. The van der Waals surface area contributed by atoms with Gasteiger partial charge in [-0.1, -0.05) is 73.5 Å². The Kier molecular flexibility index (Phi) is 3.66. The fourth-order valence-corrected chi connectivity index (χ4v) is 2.28. The molecule has 0 aliphatic carbocycles. The zero-order valence-corrected chi connectivity index (χ0v) is 11.6. The summed E-state index contributed by atoms with van der Waals surface area (Å²) in [5.41, 5.74) is 2.64. The molecule has 0 atom stereocenters.